The van der Waals surface area contributed by atoms with Crippen LogP contribution in [0, 0.1) is 0 Å². The van der Waals surface area contributed by atoms with Crippen LogP contribution in [0.5, 0.6) is 0 Å². The number of hydrogen-bond donors (Lipinski definition) is 0. The molecule has 4 heteroatoms. The minimum absolute atomic E-state index is 0.102. The summed E-state index contributed by atoms with van der Waals surface area (Å²) in [6.45, 7) is 2.08. The highest BCUT2D eigenvalue weighted by atomic mass is 32.2. The Balaban J connectivity index is 2.44. The fourth-order valence-electron chi connectivity index (χ4n) is 0.880. The normalized spacial score (nSPS) is 12.4. The van der Waals surface area contributed by atoms with Crippen LogP contribution in [0.4, 0.5) is 0 Å². The van der Waals surface area contributed by atoms with Crippen LogP contribution in [0.15, 0.2) is 29.4 Å². The van der Waals surface area contributed by atoms with Crippen molar-refractivity contribution >= 4 is 29.8 Å². The van der Waals surface area contributed by atoms with Crippen molar-refractivity contribution in [2.75, 3.05) is 11.5 Å². The van der Waals surface area contributed by atoms with Crippen molar-refractivity contribution in [3.8, 4) is 0 Å². The number of rotatable bonds is 6. The summed E-state index contributed by atoms with van der Waals surface area (Å²) in [5.41, 5.74) is 0. The van der Waals surface area contributed by atoms with Gasteiger partial charge in [0.15, 0.2) is 0 Å². The average Bonchev–Trinajstić information content (AvgIpc) is 2.25. The lowest BCUT2D eigenvalue weighted by molar-refractivity contribution is 0.555. The van der Waals surface area contributed by atoms with Crippen molar-refractivity contribution in [1.82, 2.24) is 4.98 Å². The summed E-state index contributed by atoms with van der Waals surface area (Å²) < 4.78 is 0. The molecule has 1 rings (SSSR count). The molecule has 2 nitrogen and oxygen atoms in total. The summed E-state index contributed by atoms with van der Waals surface area (Å²) in [6, 6.07) is 5.69. The van der Waals surface area contributed by atoms with E-state index in [9.17, 15) is 4.79 Å². The minimum atomic E-state index is -0.102. The van der Waals surface area contributed by atoms with Crippen molar-refractivity contribution in [2.24, 2.45) is 0 Å². The molecule has 0 fully saturated rings. The molecular formula is C10H12NOS2. The van der Waals surface area contributed by atoms with E-state index in [4.69, 9.17) is 0 Å². The van der Waals surface area contributed by atoms with Gasteiger partial charge in [-0.3, -0.25) is 4.79 Å². The maximum Gasteiger partial charge on any atom is 0.213 e. The Morgan fingerprint density at radius 2 is 2.43 bits per heavy atom. The molecule has 14 heavy (non-hydrogen) atoms. The van der Waals surface area contributed by atoms with Gasteiger partial charge in [0.1, 0.15) is 0 Å². The van der Waals surface area contributed by atoms with Crippen LogP contribution >= 0.6 is 23.5 Å². The second-order valence-corrected chi connectivity index (χ2v) is 5.09. The van der Waals surface area contributed by atoms with Gasteiger partial charge in [-0.25, -0.2) is 4.98 Å². The molecule has 0 aromatic carbocycles. The minimum Gasteiger partial charge on any atom is -0.290 e. The Morgan fingerprint density at radius 1 is 1.57 bits per heavy atom. The van der Waals surface area contributed by atoms with Crippen LogP contribution in [0.25, 0.3) is 0 Å². The van der Waals surface area contributed by atoms with Crippen molar-refractivity contribution < 1.29 is 4.79 Å². The number of pyridine rings is 1. The van der Waals surface area contributed by atoms with Gasteiger partial charge in [0.25, 0.3) is 0 Å². The second kappa shape index (κ2) is 6.90. The highest BCUT2D eigenvalue weighted by Crippen LogP contribution is 2.22. The van der Waals surface area contributed by atoms with E-state index in [1.54, 1.807) is 18.0 Å². The van der Waals surface area contributed by atoms with Crippen molar-refractivity contribution in [3.05, 3.63) is 24.4 Å². The Bertz CT molecular complexity index is 266. The highest BCUT2D eigenvalue weighted by Gasteiger charge is 2.10. The molecule has 0 N–H and O–H groups in total. The first kappa shape index (κ1) is 11.6. The van der Waals surface area contributed by atoms with E-state index >= 15 is 0 Å². The van der Waals surface area contributed by atoms with Gasteiger partial charge in [-0.1, -0.05) is 24.8 Å². The van der Waals surface area contributed by atoms with Gasteiger partial charge in [0, 0.05) is 11.9 Å². The van der Waals surface area contributed by atoms with Gasteiger partial charge in [-0.15, -0.1) is 0 Å². The molecule has 1 atom stereocenters. The lowest BCUT2D eigenvalue weighted by Crippen LogP contribution is -2.07. The predicted octanol–water partition coefficient (Wildman–Crippen LogP) is 2.41. The smallest absolute Gasteiger partial charge is 0.213 e. The summed E-state index contributed by atoms with van der Waals surface area (Å²) in [6.07, 6.45) is 3.77. The van der Waals surface area contributed by atoms with Crippen LogP contribution in [-0.2, 0) is 4.79 Å². The zero-order chi connectivity index (χ0) is 10.2. The molecule has 0 aliphatic carbocycles. The number of nitrogens with zero attached hydrogens (tertiary/aromatic N) is 1. The quantitative estimate of drug-likeness (QED) is 0.697. The van der Waals surface area contributed by atoms with Crippen LogP contribution in [0.1, 0.15) is 6.92 Å². The summed E-state index contributed by atoms with van der Waals surface area (Å²) in [4.78, 5) is 14.8. The molecule has 1 unspecified atom stereocenters. The maximum absolute atomic E-state index is 10.6. The largest absolute Gasteiger partial charge is 0.290 e. The molecule has 0 aliphatic rings. The predicted molar refractivity (Wildman–Crippen MR) is 62.6 cm³/mol. The van der Waals surface area contributed by atoms with E-state index in [-0.39, 0.29) is 5.25 Å². The summed E-state index contributed by atoms with van der Waals surface area (Å²) in [5.74, 6) is 1.84. The van der Waals surface area contributed by atoms with E-state index in [1.807, 2.05) is 24.5 Å². The zero-order valence-corrected chi connectivity index (χ0v) is 9.61. The first-order valence-electron chi connectivity index (χ1n) is 4.40. The lowest BCUT2D eigenvalue weighted by Gasteiger charge is -2.06. The van der Waals surface area contributed by atoms with Crippen LogP contribution in [0.3, 0.4) is 0 Å². The van der Waals surface area contributed by atoms with Gasteiger partial charge in [0.05, 0.1) is 10.3 Å². The number of hydrogen-bond acceptors (Lipinski definition) is 4. The van der Waals surface area contributed by atoms with Crippen LogP contribution < -0.4 is 0 Å². The number of thioether (sulfide) groups is 2. The third kappa shape index (κ3) is 4.15. The fraction of sp³-hybridized carbons (Fsp3) is 0.400. The molecule has 1 radical (unpaired) electrons. The molecule has 0 saturated heterocycles. The van der Waals surface area contributed by atoms with Gasteiger partial charge in [0.2, 0.25) is 6.29 Å². The Labute approximate surface area is 92.9 Å². The second-order valence-electron chi connectivity index (χ2n) is 2.55. The van der Waals surface area contributed by atoms with E-state index in [1.165, 1.54) is 11.8 Å². The standard InChI is InChI=1S/C10H12NOS2/c1-2-13-8-9(7-12)14-10-5-3-4-6-11-10/h3-6,9H,2,8H2,1H3. The van der Waals surface area contributed by atoms with E-state index in [0.717, 1.165) is 16.5 Å². The summed E-state index contributed by atoms with van der Waals surface area (Å²) in [5, 5.41) is 0.785. The fourth-order valence-corrected chi connectivity index (χ4v) is 2.58. The molecule has 0 spiro atoms. The topological polar surface area (TPSA) is 30.0 Å². The molecule has 75 valence electrons. The average molecular weight is 226 g/mol. The summed E-state index contributed by atoms with van der Waals surface area (Å²) in [7, 11) is 0. The van der Waals surface area contributed by atoms with Crippen molar-refractivity contribution in [2.45, 2.75) is 17.2 Å². The first-order valence-corrected chi connectivity index (χ1v) is 6.43. The Hall–Kier alpha value is -0.480. The Morgan fingerprint density at radius 3 is 3.00 bits per heavy atom. The van der Waals surface area contributed by atoms with E-state index in [0.29, 0.717) is 0 Å². The van der Waals surface area contributed by atoms with Crippen molar-refractivity contribution in [1.29, 1.82) is 0 Å². The highest BCUT2D eigenvalue weighted by molar-refractivity contribution is 8.03. The third-order valence-electron chi connectivity index (χ3n) is 1.51. The molecule has 1 aromatic rings. The monoisotopic (exact) mass is 226 g/mol. The zero-order valence-electron chi connectivity index (χ0n) is 7.97. The Kier molecular flexibility index (Phi) is 5.71. The van der Waals surface area contributed by atoms with E-state index in [2.05, 4.69) is 11.9 Å². The van der Waals surface area contributed by atoms with Crippen LogP contribution in [0.2, 0.25) is 0 Å². The molecule has 1 aromatic heterocycles. The SMILES string of the molecule is CCSCC([C]=O)Sc1ccccn1. The van der Waals surface area contributed by atoms with Gasteiger partial charge in [-0.2, -0.15) is 11.8 Å². The lowest BCUT2D eigenvalue weighted by atomic mass is 10.5. The van der Waals surface area contributed by atoms with E-state index < -0.39 is 0 Å². The number of aromatic nitrogens is 1. The number of carbonyl (C=O) groups excluding carboxylic acids is 1. The van der Waals surface area contributed by atoms with Crippen molar-refractivity contribution in [3.63, 3.8) is 0 Å². The molecule has 0 amide bonds. The molecule has 0 saturated carbocycles. The van der Waals surface area contributed by atoms with Gasteiger partial charge < -0.3 is 0 Å². The molecule has 1 heterocycles. The summed E-state index contributed by atoms with van der Waals surface area (Å²) >= 11 is 3.22. The van der Waals surface area contributed by atoms with Gasteiger partial charge in [-0.05, 0) is 17.9 Å². The molecule has 0 bridgehead atoms. The first-order chi connectivity index (χ1) is 6.86. The molecular weight excluding hydrogens is 214 g/mol. The third-order valence-corrected chi connectivity index (χ3v) is 3.72. The van der Waals surface area contributed by atoms with Gasteiger partial charge >= 0.3 is 0 Å². The maximum atomic E-state index is 10.6. The molecule has 0 aliphatic heterocycles. The van der Waals surface area contributed by atoms with Crippen LogP contribution in [-0.4, -0.2) is 28.0 Å².